The van der Waals surface area contributed by atoms with Crippen LogP contribution in [0.2, 0.25) is 5.02 Å². The average Bonchev–Trinajstić information content (AvgIpc) is 3.10. The Morgan fingerprint density at radius 2 is 2.00 bits per heavy atom. The van der Waals surface area contributed by atoms with Gasteiger partial charge < -0.3 is 10.1 Å². The molecule has 1 fully saturated rings. The van der Waals surface area contributed by atoms with E-state index in [0.717, 1.165) is 30.6 Å². The van der Waals surface area contributed by atoms with E-state index in [9.17, 15) is 0 Å². The number of hydrogen-bond donors (Lipinski definition) is 1. The highest BCUT2D eigenvalue weighted by Gasteiger charge is 2.19. The van der Waals surface area contributed by atoms with Crippen LogP contribution in [0.25, 0.3) is 0 Å². The zero-order valence-electron chi connectivity index (χ0n) is 9.42. The van der Waals surface area contributed by atoms with E-state index in [-0.39, 0.29) is 0 Å². The number of nitrogens with one attached hydrogen (secondary N) is 1. The van der Waals surface area contributed by atoms with Crippen molar-refractivity contribution in [2.24, 2.45) is 0 Å². The van der Waals surface area contributed by atoms with Crippen molar-refractivity contribution in [2.75, 3.05) is 13.2 Å². The Balaban J connectivity index is 1.51. The Kier molecular flexibility index (Phi) is 4.64. The van der Waals surface area contributed by atoms with Crippen molar-refractivity contribution in [2.45, 2.75) is 31.9 Å². The molecule has 1 aromatic carbocycles. The van der Waals surface area contributed by atoms with Gasteiger partial charge in [0.25, 0.3) is 0 Å². The Bertz CT molecular complexity index is 308. The Hall–Kier alpha value is -0.570. The molecule has 0 unspecified atom stereocenters. The minimum absolute atomic E-state index is 0.681. The van der Waals surface area contributed by atoms with Crippen molar-refractivity contribution in [3.05, 3.63) is 34.9 Å². The maximum absolute atomic E-state index is 5.80. The number of rotatable bonds is 7. The summed E-state index contributed by atoms with van der Waals surface area (Å²) in [6, 6.07) is 8.61. The number of hydrogen-bond acceptors (Lipinski definition) is 2. The molecular weight excluding hydrogens is 222 g/mol. The molecule has 0 saturated heterocycles. The fourth-order valence-electron chi connectivity index (χ4n) is 1.54. The first-order chi connectivity index (χ1) is 7.84. The van der Waals surface area contributed by atoms with Crippen molar-refractivity contribution >= 4 is 11.6 Å². The van der Waals surface area contributed by atoms with Gasteiger partial charge in [-0.3, -0.25) is 0 Å². The van der Waals surface area contributed by atoms with Gasteiger partial charge in [-0.05, 0) is 43.5 Å². The molecule has 1 aliphatic rings. The standard InChI is InChI=1S/C13H18ClNO/c14-12-4-2-11(3-5-12)10-16-9-1-8-15-13-6-7-13/h2-5,13,15H,1,6-10H2. The van der Waals surface area contributed by atoms with Crippen molar-refractivity contribution < 1.29 is 4.74 Å². The van der Waals surface area contributed by atoms with Gasteiger partial charge in [-0.2, -0.15) is 0 Å². The van der Waals surface area contributed by atoms with E-state index >= 15 is 0 Å². The maximum atomic E-state index is 5.80. The van der Waals surface area contributed by atoms with E-state index in [4.69, 9.17) is 16.3 Å². The minimum Gasteiger partial charge on any atom is -0.377 e. The van der Waals surface area contributed by atoms with E-state index in [1.54, 1.807) is 0 Å². The molecule has 0 aliphatic heterocycles. The molecule has 1 N–H and O–H groups in total. The molecule has 0 amide bonds. The zero-order chi connectivity index (χ0) is 11.2. The second-order valence-corrected chi connectivity index (χ2v) is 4.70. The van der Waals surface area contributed by atoms with Crippen LogP contribution in [0.15, 0.2) is 24.3 Å². The summed E-state index contributed by atoms with van der Waals surface area (Å²) in [6.07, 6.45) is 3.79. The van der Waals surface area contributed by atoms with Crippen LogP contribution in [-0.2, 0) is 11.3 Å². The fourth-order valence-corrected chi connectivity index (χ4v) is 1.66. The van der Waals surface area contributed by atoms with E-state index < -0.39 is 0 Å². The lowest BCUT2D eigenvalue weighted by molar-refractivity contribution is 0.118. The molecule has 0 aromatic heterocycles. The number of benzene rings is 1. The third-order valence-electron chi connectivity index (χ3n) is 2.66. The molecule has 1 saturated carbocycles. The summed E-state index contributed by atoms with van der Waals surface area (Å²) < 4.78 is 5.58. The number of ether oxygens (including phenoxy) is 1. The average molecular weight is 240 g/mol. The topological polar surface area (TPSA) is 21.3 Å². The predicted molar refractivity (Wildman–Crippen MR) is 66.7 cm³/mol. The lowest BCUT2D eigenvalue weighted by Gasteiger charge is -2.05. The van der Waals surface area contributed by atoms with Gasteiger partial charge in [0.15, 0.2) is 0 Å². The van der Waals surface area contributed by atoms with Crippen LogP contribution in [0.3, 0.4) is 0 Å². The predicted octanol–water partition coefficient (Wildman–Crippen LogP) is 3.00. The highest BCUT2D eigenvalue weighted by atomic mass is 35.5. The molecule has 0 heterocycles. The Labute approximate surface area is 102 Å². The zero-order valence-corrected chi connectivity index (χ0v) is 10.2. The first-order valence-corrected chi connectivity index (χ1v) is 6.28. The number of halogens is 1. The van der Waals surface area contributed by atoms with Gasteiger partial charge in [-0.1, -0.05) is 23.7 Å². The lowest BCUT2D eigenvalue weighted by atomic mass is 10.2. The van der Waals surface area contributed by atoms with Gasteiger partial charge in [0, 0.05) is 17.7 Å². The first-order valence-electron chi connectivity index (χ1n) is 5.90. The fraction of sp³-hybridized carbons (Fsp3) is 0.538. The molecule has 16 heavy (non-hydrogen) atoms. The first kappa shape index (κ1) is 11.9. The van der Waals surface area contributed by atoms with Crippen LogP contribution in [0.1, 0.15) is 24.8 Å². The second kappa shape index (κ2) is 6.24. The van der Waals surface area contributed by atoms with Crippen LogP contribution in [-0.4, -0.2) is 19.2 Å². The van der Waals surface area contributed by atoms with Crippen LogP contribution in [0.4, 0.5) is 0 Å². The third kappa shape index (κ3) is 4.52. The SMILES string of the molecule is Clc1ccc(COCCCNC2CC2)cc1. The van der Waals surface area contributed by atoms with Crippen molar-refractivity contribution in [3.8, 4) is 0 Å². The second-order valence-electron chi connectivity index (χ2n) is 4.26. The van der Waals surface area contributed by atoms with Gasteiger partial charge in [-0.15, -0.1) is 0 Å². The monoisotopic (exact) mass is 239 g/mol. The third-order valence-corrected chi connectivity index (χ3v) is 2.91. The molecule has 1 aliphatic carbocycles. The van der Waals surface area contributed by atoms with Crippen LogP contribution in [0.5, 0.6) is 0 Å². The van der Waals surface area contributed by atoms with Crippen LogP contribution in [0, 0.1) is 0 Å². The van der Waals surface area contributed by atoms with Gasteiger partial charge in [-0.25, -0.2) is 0 Å². The summed E-state index contributed by atoms with van der Waals surface area (Å²) in [5, 5.41) is 4.24. The summed E-state index contributed by atoms with van der Waals surface area (Å²) in [5.41, 5.74) is 1.18. The quantitative estimate of drug-likeness (QED) is 0.739. The maximum Gasteiger partial charge on any atom is 0.0716 e. The van der Waals surface area contributed by atoms with Crippen molar-refractivity contribution in [3.63, 3.8) is 0 Å². The highest BCUT2D eigenvalue weighted by molar-refractivity contribution is 6.30. The van der Waals surface area contributed by atoms with Gasteiger partial charge >= 0.3 is 0 Å². The lowest BCUT2D eigenvalue weighted by Crippen LogP contribution is -2.18. The molecule has 0 spiro atoms. The van der Waals surface area contributed by atoms with Crippen molar-refractivity contribution in [1.82, 2.24) is 5.32 Å². The smallest absolute Gasteiger partial charge is 0.0716 e. The van der Waals surface area contributed by atoms with Gasteiger partial charge in [0.2, 0.25) is 0 Å². The molecule has 2 nitrogen and oxygen atoms in total. The van der Waals surface area contributed by atoms with E-state index in [0.29, 0.717) is 6.61 Å². The normalized spacial score (nSPS) is 15.3. The molecule has 3 heteroatoms. The van der Waals surface area contributed by atoms with Crippen LogP contribution < -0.4 is 5.32 Å². The summed E-state index contributed by atoms with van der Waals surface area (Å²) in [7, 11) is 0. The largest absolute Gasteiger partial charge is 0.377 e. The summed E-state index contributed by atoms with van der Waals surface area (Å²) >= 11 is 5.80. The molecular formula is C13H18ClNO. The summed E-state index contributed by atoms with van der Waals surface area (Å²) in [5.74, 6) is 0. The van der Waals surface area contributed by atoms with Crippen LogP contribution >= 0.6 is 11.6 Å². The minimum atomic E-state index is 0.681. The summed E-state index contributed by atoms with van der Waals surface area (Å²) in [6.45, 7) is 2.58. The molecule has 2 rings (SSSR count). The molecule has 1 aromatic rings. The molecule has 0 bridgehead atoms. The van der Waals surface area contributed by atoms with E-state index in [1.165, 1.54) is 18.4 Å². The summed E-state index contributed by atoms with van der Waals surface area (Å²) in [4.78, 5) is 0. The van der Waals surface area contributed by atoms with E-state index in [2.05, 4.69) is 5.32 Å². The van der Waals surface area contributed by atoms with Gasteiger partial charge in [0.1, 0.15) is 0 Å². The Morgan fingerprint density at radius 3 is 2.69 bits per heavy atom. The Morgan fingerprint density at radius 1 is 1.25 bits per heavy atom. The van der Waals surface area contributed by atoms with Crippen molar-refractivity contribution in [1.29, 1.82) is 0 Å². The highest BCUT2D eigenvalue weighted by Crippen LogP contribution is 2.18. The molecule has 0 atom stereocenters. The molecule has 0 radical (unpaired) electrons. The van der Waals surface area contributed by atoms with Gasteiger partial charge in [0.05, 0.1) is 6.61 Å². The van der Waals surface area contributed by atoms with E-state index in [1.807, 2.05) is 24.3 Å². The molecule has 88 valence electrons.